The molecule has 1 amide bonds. The van der Waals surface area contributed by atoms with Gasteiger partial charge in [-0.3, -0.25) is 9.35 Å². The molecule has 0 saturated carbocycles. The van der Waals surface area contributed by atoms with Crippen LogP contribution in [0.25, 0.3) is 0 Å². The lowest BCUT2D eigenvalue weighted by atomic mass is 10.3. The van der Waals surface area contributed by atoms with Crippen molar-refractivity contribution in [2.75, 3.05) is 5.01 Å². The molecule has 0 atom stereocenters. The Kier molecular flexibility index (Phi) is 2.90. The molecule has 0 aliphatic carbocycles. The fraction of sp³-hybridized carbons (Fsp3) is 0.111. The predicted molar refractivity (Wildman–Crippen MR) is 61.9 cm³/mol. The summed E-state index contributed by atoms with van der Waals surface area (Å²) in [5, 5.41) is 4.53. The lowest BCUT2D eigenvalue weighted by Crippen LogP contribution is -2.20. The zero-order chi connectivity index (χ0) is 12.6. The van der Waals surface area contributed by atoms with Gasteiger partial charge in [-0.25, -0.2) is 0 Å². The molecule has 90 valence electrons. The van der Waals surface area contributed by atoms with Crippen LogP contribution in [0.5, 0.6) is 0 Å². The van der Waals surface area contributed by atoms with E-state index in [1.54, 1.807) is 0 Å². The van der Waals surface area contributed by atoms with Crippen LogP contribution >= 0.6 is 11.6 Å². The van der Waals surface area contributed by atoms with E-state index in [1.807, 2.05) is 0 Å². The van der Waals surface area contributed by atoms with E-state index in [9.17, 15) is 13.2 Å². The summed E-state index contributed by atoms with van der Waals surface area (Å²) in [6, 6.07) is 3.95. The van der Waals surface area contributed by atoms with Crippen molar-refractivity contribution in [3.8, 4) is 0 Å². The van der Waals surface area contributed by atoms with Crippen LogP contribution in [-0.4, -0.2) is 25.1 Å². The number of hydrogen-bond donors (Lipinski definition) is 1. The second-order valence-electron chi connectivity index (χ2n) is 3.27. The molecule has 1 aromatic carbocycles. The number of amides is 1. The summed E-state index contributed by atoms with van der Waals surface area (Å²) in [6.07, 6.45) is 1.52. The van der Waals surface area contributed by atoms with Crippen molar-refractivity contribution in [1.82, 2.24) is 0 Å². The molecule has 0 spiro atoms. The van der Waals surface area contributed by atoms with Crippen LogP contribution in [-0.2, 0) is 14.9 Å². The summed E-state index contributed by atoms with van der Waals surface area (Å²) in [7, 11) is -4.42. The van der Waals surface area contributed by atoms with E-state index in [0.717, 1.165) is 11.1 Å². The van der Waals surface area contributed by atoms with Crippen LogP contribution in [0.4, 0.5) is 5.69 Å². The van der Waals surface area contributed by atoms with E-state index < -0.39 is 15.0 Å². The predicted octanol–water partition coefficient (Wildman–Crippen LogP) is 1.31. The summed E-state index contributed by atoms with van der Waals surface area (Å²) in [5.41, 5.74) is 0.126. The highest BCUT2D eigenvalue weighted by Crippen LogP contribution is 2.33. The van der Waals surface area contributed by atoms with Crippen LogP contribution in [0.15, 0.2) is 28.2 Å². The number of nitrogens with zero attached hydrogens (tertiary/aromatic N) is 2. The molecule has 0 bridgehead atoms. The first-order chi connectivity index (χ1) is 7.91. The molecule has 1 aromatic rings. The minimum atomic E-state index is -4.42. The Morgan fingerprint density at radius 2 is 2.12 bits per heavy atom. The highest BCUT2D eigenvalue weighted by atomic mass is 35.5. The second kappa shape index (κ2) is 4.10. The van der Waals surface area contributed by atoms with Gasteiger partial charge in [0.05, 0.1) is 17.1 Å². The van der Waals surface area contributed by atoms with Gasteiger partial charge >= 0.3 is 0 Å². The van der Waals surface area contributed by atoms with Crippen molar-refractivity contribution in [3.63, 3.8) is 0 Å². The molecular formula is C9H7ClN2O4S. The lowest BCUT2D eigenvalue weighted by Gasteiger charge is -2.14. The zero-order valence-electron chi connectivity index (χ0n) is 8.37. The Bertz CT molecular complexity index is 611. The Morgan fingerprint density at radius 1 is 1.41 bits per heavy atom. The number of hydrogen-bond acceptors (Lipinski definition) is 4. The molecule has 0 unspecified atom stereocenters. The SMILES string of the molecule is O=C1CC=NN1c1cccc(S(=O)(=O)O)c1Cl. The lowest BCUT2D eigenvalue weighted by molar-refractivity contribution is -0.116. The molecule has 6 nitrogen and oxygen atoms in total. The average molecular weight is 275 g/mol. The summed E-state index contributed by atoms with van der Waals surface area (Å²) >= 11 is 5.83. The van der Waals surface area contributed by atoms with Crippen molar-refractivity contribution in [1.29, 1.82) is 0 Å². The summed E-state index contributed by atoms with van der Waals surface area (Å²) in [4.78, 5) is 11.0. The molecular weight excluding hydrogens is 268 g/mol. The molecule has 1 aliphatic heterocycles. The molecule has 0 aromatic heterocycles. The van der Waals surface area contributed by atoms with Gasteiger partial charge in [-0.15, -0.1) is 0 Å². The number of anilines is 1. The number of rotatable bonds is 2. The van der Waals surface area contributed by atoms with Gasteiger partial charge in [0.15, 0.2) is 0 Å². The third-order valence-corrected chi connectivity index (χ3v) is 3.55. The van der Waals surface area contributed by atoms with Gasteiger partial charge in [-0.2, -0.15) is 18.5 Å². The van der Waals surface area contributed by atoms with E-state index >= 15 is 0 Å². The van der Waals surface area contributed by atoms with Crippen LogP contribution < -0.4 is 5.01 Å². The van der Waals surface area contributed by atoms with Crippen LogP contribution in [0, 0.1) is 0 Å². The first kappa shape index (κ1) is 12.0. The van der Waals surface area contributed by atoms with Crippen molar-refractivity contribution < 1.29 is 17.8 Å². The van der Waals surface area contributed by atoms with Gasteiger partial charge in [0.2, 0.25) is 0 Å². The van der Waals surface area contributed by atoms with Gasteiger partial charge in [-0.05, 0) is 12.1 Å². The number of halogens is 1. The average Bonchev–Trinajstić information content (AvgIpc) is 2.63. The number of benzene rings is 1. The fourth-order valence-corrected chi connectivity index (χ4v) is 2.49. The monoisotopic (exact) mass is 274 g/mol. The van der Waals surface area contributed by atoms with E-state index in [0.29, 0.717) is 0 Å². The highest BCUT2D eigenvalue weighted by Gasteiger charge is 2.25. The first-order valence-electron chi connectivity index (χ1n) is 4.52. The van der Waals surface area contributed by atoms with Crippen molar-refractivity contribution in [2.24, 2.45) is 5.10 Å². The van der Waals surface area contributed by atoms with Gasteiger partial charge in [0.25, 0.3) is 16.0 Å². The zero-order valence-corrected chi connectivity index (χ0v) is 9.94. The van der Waals surface area contributed by atoms with E-state index in [-0.39, 0.29) is 23.0 Å². The molecule has 1 heterocycles. The molecule has 1 N–H and O–H groups in total. The summed E-state index contributed by atoms with van der Waals surface area (Å²) in [5.74, 6) is -0.320. The Morgan fingerprint density at radius 3 is 2.65 bits per heavy atom. The van der Waals surface area contributed by atoms with Gasteiger partial charge < -0.3 is 0 Å². The minimum Gasteiger partial charge on any atom is -0.282 e. The fourth-order valence-electron chi connectivity index (χ4n) is 1.41. The maximum Gasteiger partial charge on any atom is 0.296 e. The van der Waals surface area contributed by atoms with Gasteiger partial charge in [0.1, 0.15) is 4.90 Å². The van der Waals surface area contributed by atoms with E-state index in [1.165, 1.54) is 18.3 Å². The number of carbonyl (C=O) groups excluding carboxylic acids is 1. The smallest absolute Gasteiger partial charge is 0.282 e. The van der Waals surface area contributed by atoms with Crippen LogP contribution in [0.1, 0.15) is 6.42 Å². The molecule has 1 aliphatic rings. The minimum absolute atomic E-state index is 0.126. The molecule has 0 radical (unpaired) electrons. The first-order valence-corrected chi connectivity index (χ1v) is 6.34. The Hall–Kier alpha value is -1.44. The normalized spacial score (nSPS) is 15.6. The van der Waals surface area contributed by atoms with Crippen molar-refractivity contribution in [3.05, 3.63) is 23.2 Å². The second-order valence-corrected chi connectivity index (χ2v) is 5.04. The molecule has 2 rings (SSSR count). The number of hydrazone groups is 1. The third-order valence-electron chi connectivity index (χ3n) is 2.15. The highest BCUT2D eigenvalue weighted by molar-refractivity contribution is 7.86. The topological polar surface area (TPSA) is 87.0 Å². The van der Waals surface area contributed by atoms with E-state index in [4.69, 9.17) is 16.2 Å². The number of carbonyl (C=O) groups is 1. The molecule has 8 heteroatoms. The maximum absolute atomic E-state index is 11.4. The van der Waals surface area contributed by atoms with Crippen LogP contribution in [0.3, 0.4) is 0 Å². The largest absolute Gasteiger partial charge is 0.296 e. The Balaban J connectivity index is 2.58. The van der Waals surface area contributed by atoms with Gasteiger partial charge in [-0.1, -0.05) is 17.7 Å². The molecule has 0 saturated heterocycles. The summed E-state index contributed by atoms with van der Waals surface area (Å²) < 4.78 is 31.0. The standard InChI is InChI=1S/C9H7ClN2O4S/c10-9-6(12-8(13)4-5-11-12)2-1-3-7(9)17(14,15)16/h1-3,5H,4H2,(H,14,15,16). The van der Waals surface area contributed by atoms with Crippen LogP contribution in [0.2, 0.25) is 5.02 Å². The maximum atomic E-state index is 11.4. The van der Waals surface area contributed by atoms with Crippen molar-refractivity contribution >= 4 is 39.5 Å². The Labute approximate surface area is 102 Å². The quantitative estimate of drug-likeness (QED) is 0.824. The molecule has 0 fully saturated rings. The van der Waals surface area contributed by atoms with E-state index in [2.05, 4.69) is 5.10 Å². The van der Waals surface area contributed by atoms with Gasteiger partial charge in [0, 0.05) is 6.21 Å². The third kappa shape index (κ3) is 2.17. The summed E-state index contributed by atoms with van der Waals surface area (Å²) in [6.45, 7) is 0. The molecule has 17 heavy (non-hydrogen) atoms. The van der Waals surface area contributed by atoms with Crippen molar-refractivity contribution in [2.45, 2.75) is 11.3 Å².